The van der Waals surface area contributed by atoms with Gasteiger partial charge in [-0.15, -0.1) is 23.1 Å². The maximum Gasteiger partial charge on any atom is 0.258 e. The van der Waals surface area contributed by atoms with Crippen LogP contribution in [0, 0.1) is 0 Å². The zero-order valence-electron chi connectivity index (χ0n) is 15.8. The number of morpholine rings is 1. The molecule has 1 aromatic carbocycles. The summed E-state index contributed by atoms with van der Waals surface area (Å²) >= 11 is 3.34. The van der Waals surface area contributed by atoms with Gasteiger partial charge in [-0.3, -0.25) is 9.59 Å². The van der Waals surface area contributed by atoms with Crippen LogP contribution in [0.15, 0.2) is 57.5 Å². The lowest BCUT2D eigenvalue weighted by Crippen LogP contribution is -2.41. The number of carbonyl (C=O) groups is 1. The first-order valence-electron chi connectivity index (χ1n) is 9.65. The van der Waals surface area contributed by atoms with E-state index < -0.39 is 0 Å². The van der Waals surface area contributed by atoms with Crippen LogP contribution in [-0.4, -0.2) is 47.4 Å². The second-order valence-corrected chi connectivity index (χ2v) is 9.06. The number of pyridine rings is 1. The Bertz CT molecular complexity index is 1110. The van der Waals surface area contributed by atoms with E-state index in [1.165, 1.54) is 0 Å². The molecular weight excluding hydrogens is 404 g/mol. The highest BCUT2D eigenvalue weighted by Gasteiger charge is 2.29. The molecule has 3 aromatic rings. The standard InChI is InChI=1S/C22H20N2O3S2/c25-21(23-7-10-27-11-8-23)17-14-16(15-4-2-1-3-5-15)22(26)24-9-13-28-18-6-12-29-20(18)19(17)24/h1-6,12,14H,7-11,13H2. The third-order valence-electron chi connectivity index (χ3n) is 5.32. The van der Waals surface area contributed by atoms with Crippen molar-refractivity contribution in [2.45, 2.75) is 11.4 Å². The van der Waals surface area contributed by atoms with Crippen molar-refractivity contribution >= 4 is 29.0 Å². The number of ether oxygens (including phenoxy) is 1. The molecule has 2 aromatic heterocycles. The highest BCUT2D eigenvalue weighted by molar-refractivity contribution is 7.99. The summed E-state index contributed by atoms with van der Waals surface area (Å²) in [5.41, 5.74) is 2.76. The fourth-order valence-corrected chi connectivity index (χ4v) is 6.03. The number of hydrogen-bond donors (Lipinski definition) is 0. The highest BCUT2D eigenvalue weighted by Crippen LogP contribution is 2.41. The Morgan fingerprint density at radius 2 is 1.83 bits per heavy atom. The Labute approximate surface area is 176 Å². The van der Waals surface area contributed by atoms with Crippen LogP contribution in [0.3, 0.4) is 0 Å². The third-order valence-corrected chi connectivity index (χ3v) is 7.41. The van der Waals surface area contributed by atoms with Crippen molar-refractivity contribution in [2.75, 3.05) is 32.1 Å². The monoisotopic (exact) mass is 424 g/mol. The molecule has 0 aliphatic carbocycles. The molecule has 5 nitrogen and oxygen atoms in total. The van der Waals surface area contributed by atoms with E-state index in [9.17, 15) is 9.59 Å². The van der Waals surface area contributed by atoms with Crippen molar-refractivity contribution in [1.29, 1.82) is 0 Å². The molecule has 0 unspecified atom stereocenters. The quantitative estimate of drug-likeness (QED) is 0.628. The lowest BCUT2D eigenvalue weighted by molar-refractivity contribution is 0.0303. The van der Waals surface area contributed by atoms with Crippen molar-refractivity contribution in [3.8, 4) is 21.7 Å². The molecule has 1 amide bonds. The van der Waals surface area contributed by atoms with E-state index in [1.54, 1.807) is 29.2 Å². The minimum Gasteiger partial charge on any atom is -0.378 e. The molecule has 0 spiro atoms. The fourth-order valence-electron chi connectivity index (χ4n) is 3.88. The van der Waals surface area contributed by atoms with Crippen LogP contribution in [0.25, 0.3) is 21.7 Å². The van der Waals surface area contributed by atoms with Crippen LogP contribution in [-0.2, 0) is 11.3 Å². The maximum absolute atomic E-state index is 13.6. The molecule has 0 N–H and O–H groups in total. The Balaban J connectivity index is 1.76. The summed E-state index contributed by atoms with van der Waals surface area (Å²) in [5.74, 6) is 0.778. The Kier molecular flexibility index (Phi) is 5.03. The maximum atomic E-state index is 13.6. The van der Waals surface area contributed by atoms with Gasteiger partial charge in [-0.05, 0) is 23.1 Å². The molecule has 0 saturated carbocycles. The van der Waals surface area contributed by atoms with E-state index in [0.717, 1.165) is 26.8 Å². The van der Waals surface area contributed by atoms with Crippen LogP contribution in [0.2, 0.25) is 0 Å². The van der Waals surface area contributed by atoms with Crippen molar-refractivity contribution < 1.29 is 9.53 Å². The van der Waals surface area contributed by atoms with Gasteiger partial charge in [0.15, 0.2) is 0 Å². The Hall–Kier alpha value is -2.35. The molecule has 2 aliphatic rings. The van der Waals surface area contributed by atoms with Crippen molar-refractivity contribution in [3.63, 3.8) is 0 Å². The first-order valence-corrected chi connectivity index (χ1v) is 11.5. The summed E-state index contributed by atoms with van der Waals surface area (Å²) in [6.45, 7) is 2.83. The highest BCUT2D eigenvalue weighted by atomic mass is 32.2. The second kappa shape index (κ2) is 7.82. The minimum absolute atomic E-state index is 0.0273. The van der Waals surface area contributed by atoms with Crippen molar-refractivity contribution in [2.24, 2.45) is 0 Å². The number of thiophene rings is 1. The lowest BCUT2D eigenvalue weighted by Gasteiger charge is -2.28. The molecule has 148 valence electrons. The van der Waals surface area contributed by atoms with Gasteiger partial charge in [-0.1, -0.05) is 30.3 Å². The van der Waals surface area contributed by atoms with E-state index in [2.05, 4.69) is 6.07 Å². The van der Waals surface area contributed by atoms with Crippen LogP contribution in [0.1, 0.15) is 10.4 Å². The fraction of sp³-hybridized carbons (Fsp3) is 0.273. The summed E-state index contributed by atoms with van der Waals surface area (Å²) in [5, 5.41) is 2.03. The van der Waals surface area contributed by atoms with Crippen LogP contribution in [0.4, 0.5) is 0 Å². The summed E-state index contributed by atoms with van der Waals surface area (Å²) in [4.78, 5) is 31.0. The molecule has 7 heteroatoms. The van der Waals surface area contributed by atoms with Crippen LogP contribution in [0.5, 0.6) is 0 Å². The zero-order valence-corrected chi connectivity index (χ0v) is 17.4. The average molecular weight is 425 g/mol. The topological polar surface area (TPSA) is 51.5 Å². The molecule has 0 bridgehead atoms. The summed E-state index contributed by atoms with van der Waals surface area (Å²) in [6.07, 6.45) is 0. The summed E-state index contributed by atoms with van der Waals surface area (Å²) in [7, 11) is 0. The van der Waals surface area contributed by atoms with Gasteiger partial charge in [0.05, 0.1) is 29.3 Å². The Morgan fingerprint density at radius 3 is 2.62 bits per heavy atom. The van der Waals surface area contributed by atoms with Gasteiger partial charge in [0.1, 0.15) is 0 Å². The first-order chi connectivity index (χ1) is 14.2. The van der Waals surface area contributed by atoms with Gasteiger partial charge < -0.3 is 14.2 Å². The molecule has 4 heterocycles. The van der Waals surface area contributed by atoms with Gasteiger partial charge >= 0.3 is 0 Å². The normalized spacial score (nSPS) is 16.1. The van der Waals surface area contributed by atoms with E-state index in [1.807, 2.05) is 45.2 Å². The number of rotatable bonds is 2. The molecule has 1 saturated heterocycles. The molecule has 29 heavy (non-hydrogen) atoms. The van der Waals surface area contributed by atoms with Crippen LogP contribution < -0.4 is 5.56 Å². The number of carbonyl (C=O) groups excluding carboxylic acids is 1. The number of nitrogens with zero attached hydrogens (tertiary/aromatic N) is 2. The largest absolute Gasteiger partial charge is 0.378 e. The number of benzene rings is 1. The molecule has 0 atom stereocenters. The number of aromatic nitrogens is 1. The lowest BCUT2D eigenvalue weighted by atomic mass is 10.0. The van der Waals surface area contributed by atoms with Crippen LogP contribution >= 0.6 is 23.1 Å². The van der Waals surface area contributed by atoms with Gasteiger partial charge in [-0.2, -0.15) is 0 Å². The molecule has 1 fully saturated rings. The van der Waals surface area contributed by atoms with Gasteiger partial charge in [0.25, 0.3) is 11.5 Å². The molecular formula is C22H20N2O3S2. The van der Waals surface area contributed by atoms with E-state index in [4.69, 9.17) is 4.74 Å². The van der Waals surface area contributed by atoms with Gasteiger partial charge in [0.2, 0.25) is 0 Å². The first kappa shape index (κ1) is 18.7. The summed E-state index contributed by atoms with van der Waals surface area (Å²) < 4.78 is 7.23. The third kappa shape index (κ3) is 3.33. The van der Waals surface area contributed by atoms with Crippen molar-refractivity contribution in [1.82, 2.24) is 9.47 Å². The summed E-state index contributed by atoms with van der Waals surface area (Å²) in [6, 6.07) is 13.5. The van der Waals surface area contributed by atoms with Gasteiger partial charge in [0, 0.05) is 35.8 Å². The second-order valence-electron chi connectivity index (χ2n) is 7.01. The smallest absolute Gasteiger partial charge is 0.258 e. The Morgan fingerprint density at radius 1 is 1.03 bits per heavy atom. The number of thioether (sulfide) groups is 1. The molecule has 5 rings (SSSR count). The molecule has 0 radical (unpaired) electrons. The SMILES string of the molecule is O=C(c1cc(-c2ccccc2)c(=O)n2c1-c1sccc1SCC2)N1CCOCC1. The predicted molar refractivity (Wildman–Crippen MR) is 117 cm³/mol. The van der Waals surface area contributed by atoms with Gasteiger partial charge in [-0.25, -0.2) is 0 Å². The minimum atomic E-state index is -0.0356. The van der Waals surface area contributed by atoms with E-state index >= 15 is 0 Å². The van der Waals surface area contributed by atoms with E-state index in [0.29, 0.717) is 44.0 Å². The number of amides is 1. The number of fused-ring (bicyclic) bond motifs is 3. The molecule has 2 aliphatic heterocycles. The number of hydrogen-bond acceptors (Lipinski definition) is 5. The average Bonchev–Trinajstić information content (AvgIpc) is 3.15. The predicted octanol–water partition coefficient (Wildman–Crippen LogP) is 3.82. The van der Waals surface area contributed by atoms with Crippen molar-refractivity contribution in [3.05, 3.63) is 63.8 Å². The van der Waals surface area contributed by atoms with E-state index in [-0.39, 0.29) is 11.5 Å². The zero-order chi connectivity index (χ0) is 19.8.